The van der Waals surface area contributed by atoms with Crippen LogP contribution >= 0.6 is 0 Å². The molecule has 1 atom stereocenters. The molecule has 0 bridgehead atoms. The summed E-state index contributed by atoms with van der Waals surface area (Å²) < 4.78 is 38.0. The average molecular weight is 349 g/mol. The van der Waals surface area contributed by atoms with Crippen molar-refractivity contribution >= 4 is 5.91 Å². The predicted octanol–water partition coefficient (Wildman–Crippen LogP) is 3.32. The quantitative estimate of drug-likeness (QED) is 0.892. The van der Waals surface area contributed by atoms with E-state index in [9.17, 15) is 18.7 Å². The molecule has 25 heavy (non-hydrogen) atoms. The number of ether oxygens (including phenoxy) is 2. The number of phenolic OH excluding ortho intramolecular Hbond substituents is 1. The lowest BCUT2D eigenvalue weighted by molar-refractivity contribution is 0.0932. The van der Waals surface area contributed by atoms with Gasteiger partial charge in [0, 0.05) is 18.6 Å². The molecule has 5 nitrogen and oxygen atoms in total. The minimum atomic E-state index is -1.12. The van der Waals surface area contributed by atoms with Crippen LogP contribution in [0, 0.1) is 11.6 Å². The third kappa shape index (κ3) is 3.65. The largest absolute Gasteiger partial charge is 0.507 e. The molecule has 0 saturated carbocycles. The Hall–Kier alpha value is -2.83. The zero-order valence-electron chi connectivity index (χ0n) is 13.5. The fraction of sp³-hybridized carbons (Fsp3) is 0.278. The molecule has 2 aromatic rings. The van der Waals surface area contributed by atoms with Gasteiger partial charge in [-0.3, -0.25) is 4.79 Å². The fourth-order valence-corrected chi connectivity index (χ4v) is 2.59. The Bertz CT molecular complexity index is 787. The van der Waals surface area contributed by atoms with Crippen LogP contribution in [0.15, 0.2) is 30.3 Å². The van der Waals surface area contributed by atoms with Crippen molar-refractivity contribution < 1.29 is 28.2 Å². The van der Waals surface area contributed by atoms with Crippen molar-refractivity contribution in [1.29, 1.82) is 0 Å². The van der Waals surface area contributed by atoms with Gasteiger partial charge >= 0.3 is 0 Å². The van der Waals surface area contributed by atoms with Gasteiger partial charge in [0.2, 0.25) is 0 Å². The van der Waals surface area contributed by atoms with Crippen LogP contribution in [0.25, 0.3) is 0 Å². The van der Waals surface area contributed by atoms with Gasteiger partial charge < -0.3 is 19.9 Å². The third-order valence-corrected chi connectivity index (χ3v) is 3.88. The molecule has 0 radical (unpaired) electrons. The summed E-state index contributed by atoms with van der Waals surface area (Å²) in [4.78, 5) is 12.2. The van der Waals surface area contributed by atoms with Gasteiger partial charge in [-0.05, 0) is 24.6 Å². The lowest BCUT2D eigenvalue weighted by Gasteiger charge is -2.17. The summed E-state index contributed by atoms with van der Waals surface area (Å²) in [6.07, 6.45) is 0.777. The SMILES string of the molecule is C[C@@H](NC(=O)c1c(O)cc(F)cc1F)c1ccc2c(c1)OCCCO2. The monoisotopic (exact) mass is 349 g/mol. The molecule has 0 saturated heterocycles. The molecule has 1 aliphatic rings. The first kappa shape index (κ1) is 17.0. The number of benzene rings is 2. The number of halogens is 2. The van der Waals surface area contributed by atoms with Crippen LogP contribution in [0.4, 0.5) is 8.78 Å². The molecule has 0 unspecified atom stereocenters. The maximum absolute atomic E-state index is 13.8. The Morgan fingerprint density at radius 1 is 1.16 bits per heavy atom. The van der Waals surface area contributed by atoms with E-state index >= 15 is 0 Å². The van der Waals surface area contributed by atoms with E-state index in [0.717, 1.165) is 12.0 Å². The van der Waals surface area contributed by atoms with Crippen molar-refractivity contribution in [3.8, 4) is 17.2 Å². The van der Waals surface area contributed by atoms with Crippen molar-refractivity contribution in [1.82, 2.24) is 5.32 Å². The summed E-state index contributed by atoms with van der Waals surface area (Å²) in [5.74, 6) is -2.47. The van der Waals surface area contributed by atoms with Gasteiger partial charge in [0.25, 0.3) is 5.91 Å². The van der Waals surface area contributed by atoms with E-state index < -0.39 is 34.9 Å². The highest BCUT2D eigenvalue weighted by Crippen LogP contribution is 2.32. The third-order valence-electron chi connectivity index (χ3n) is 3.88. The summed E-state index contributed by atoms with van der Waals surface area (Å²) in [5, 5.41) is 12.2. The number of hydrogen-bond acceptors (Lipinski definition) is 4. The molecule has 0 spiro atoms. The first-order chi connectivity index (χ1) is 12.0. The molecule has 7 heteroatoms. The van der Waals surface area contributed by atoms with Gasteiger partial charge in [0.15, 0.2) is 11.5 Å². The molecule has 2 N–H and O–H groups in total. The number of nitrogens with one attached hydrogen (secondary N) is 1. The highest BCUT2D eigenvalue weighted by atomic mass is 19.1. The maximum Gasteiger partial charge on any atom is 0.258 e. The van der Waals surface area contributed by atoms with Crippen molar-refractivity contribution in [2.45, 2.75) is 19.4 Å². The van der Waals surface area contributed by atoms with Gasteiger partial charge in [-0.25, -0.2) is 8.78 Å². The summed E-state index contributed by atoms with van der Waals surface area (Å²) in [6.45, 7) is 2.81. The van der Waals surface area contributed by atoms with E-state index in [0.29, 0.717) is 36.8 Å². The molecule has 2 aromatic carbocycles. The number of amides is 1. The van der Waals surface area contributed by atoms with Gasteiger partial charge in [-0.15, -0.1) is 0 Å². The molecule has 132 valence electrons. The fourth-order valence-electron chi connectivity index (χ4n) is 2.59. The molecular formula is C18H17F2NO4. The molecular weight excluding hydrogens is 332 g/mol. The summed E-state index contributed by atoms with van der Waals surface area (Å²) in [6, 6.07) is 6.00. The molecule has 1 amide bonds. The van der Waals surface area contributed by atoms with E-state index in [-0.39, 0.29) is 0 Å². The van der Waals surface area contributed by atoms with E-state index in [1.54, 1.807) is 25.1 Å². The second kappa shape index (κ2) is 6.96. The van der Waals surface area contributed by atoms with Gasteiger partial charge in [-0.1, -0.05) is 6.07 Å². The number of phenols is 1. The second-order valence-corrected chi connectivity index (χ2v) is 5.73. The smallest absolute Gasteiger partial charge is 0.258 e. The van der Waals surface area contributed by atoms with Crippen molar-refractivity contribution in [2.75, 3.05) is 13.2 Å². The number of rotatable bonds is 3. The number of carbonyl (C=O) groups excluding carboxylic acids is 1. The average Bonchev–Trinajstić information content (AvgIpc) is 2.78. The summed E-state index contributed by atoms with van der Waals surface area (Å²) >= 11 is 0. The van der Waals surface area contributed by atoms with Crippen LogP contribution in [0.1, 0.15) is 35.3 Å². The number of fused-ring (bicyclic) bond motifs is 1. The number of carbonyl (C=O) groups is 1. The predicted molar refractivity (Wildman–Crippen MR) is 86.0 cm³/mol. The van der Waals surface area contributed by atoms with Crippen molar-refractivity contribution in [2.24, 2.45) is 0 Å². The van der Waals surface area contributed by atoms with E-state index in [1.807, 2.05) is 0 Å². The zero-order chi connectivity index (χ0) is 18.0. The minimum Gasteiger partial charge on any atom is -0.507 e. The van der Waals surface area contributed by atoms with Crippen molar-refractivity contribution in [3.05, 3.63) is 53.1 Å². The van der Waals surface area contributed by atoms with Crippen LogP contribution in [-0.4, -0.2) is 24.2 Å². The zero-order valence-corrected chi connectivity index (χ0v) is 13.5. The Kier molecular flexibility index (Phi) is 4.74. The van der Waals surface area contributed by atoms with Crippen molar-refractivity contribution in [3.63, 3.8) is 0 Å². The van der Waals surface area contributed by atoms with Gasteiger partial charge in [-0.2, -0.15) is 0 Å². The van der Waals surface area contributed by atoms with Gasteiger partial charge in [0.05, 0.1) is 19.3 Å². The van der Waals surface area contributed by atoms with Gasteiger partial charge in [0.1, 0.15) is 22.9 Å². The number of aromatic hydroxyl groups is 1. The Morgan fingerprint density at radius 2 is 1.88 bits per heavy atom. The lowest BCUT2D eigenvalue weighted by atomic mass is 10.1. The lowest BCUT2D eigenvalue weighted by Crippen LogP contribution is -2.27. The van der Waals surface area contributed by atoms with E-state index in [4.69, 9.17) is 9.47 Å². The van der Waals surface area contributed by atoms with Crippen LogP contribution in [-0.2, 0) is 0 Å². The standard InChI is InChI=1S/C18H17F2NO4/c1-10(11-3-4-15-16(7-11)25-6-2-5-24-15)21-18(23)17-13(20)8-12(19)9-14(17)22/h3-4,7-10,22H,2,5-6H2,1H3,(H,21,23)/t10-/m1/s1. The second-order valence-electron chi connectivity index (χ2n) is 5.73. The molecule has 0 fully saturated rings. The molecule has 1 aliphatic heterocycles. The minimum absolute atomic E-state index is 0.492. The van der Waals surface area contributed by atoms with E-state index in [1.165, 1.54) is 0 Å². The van der Waals surface area contributed by atoms with Crippen LogP contribution in [0.3, 0.4) is 0 Å². The highest BCUT2D eigenvalue weighted by molar-refractivity contribution is 5.97. The van der Waals surface area contributed by atoms with E-state index in [2.05, 4.69) is 5.32 Å². The normalized spacial score (nSPS) is 14.5. The first-order valence-corrected chi connectivity index (χ1v) is 7.84. The maximum atomic E-state index is 13.8. The summed E-state index contributed by atoms with van der Waals surface area (Å²) in [7, 11) is 0. The highest BCUT2D eigenvalue weighted by Gasteiger charge is 2.21. The Morgan fingerprint density at radius 3 is 2.60 bits per heavy atom. The molecule has 0 aliphatic carbocycles. The number of hydrogen-bond donors (Lipinski definition) is 2. The Balaban J connectivity index is 1.79. The topological polar surface area (TPSA) is 67.8 Å². The van der Waals surface area contributed by atoms with Crippen LogP contribution in [0.5, 0.6) is 17.2 Å². The molecule has 0 aromatic heterocycles. The molecule has 3 rings (SSSR count). The van der Waals surface area contributed by atoms with Crippen LogP contribution in [0.2, 0.25) is 0 Å². The molecule has 1 heterocycles. The first-order valence-electron chi connectivity index (χ1n) is 7.84. The van der Waals surface area contributed by atoms with Crippen LogP contribution < -0.4 is 14.8 Å². The Labute approximate surface area is 143 Å². The summed E-state index contributed by atoms with van der Waals surface area (Å²) in [5.41, 5.74) is 0.127.